The lowest BCUT2D eigenvalue weighted by molar-refractivity contribution is 1.57. The van der Waals surface area contributed by atoms with Crippen LogP contribution in [0.15, 0.2) is 45.6 Å². The largest absolute Gasteiger partial charge is 0.353 e. The van der Waals surface area contributed by atoms with Gasteiger partial charge >= 0.3 is 0 Å². The van der Waals surface area contributed by atoms with E-state index in [2.05, 4.69) is 62.7 Å². The molecule has 1 nitrogen and oxygen atoms in total. The SMILES string of the molecule is Brc1cc2c3sccc3c3sc4c5ccccc5[nH]c4c3c2s1. The zero-order valence-corrected chi connectivity index (χ0v) is 15.7. The molecule has 2 aromatic carbocycles. The molecule has 0 aliphatic rings. The quantitative estimate of drug-likeness (QED) is 0.262. The number of nitrogens with one attached hydrogen (secondary N) is 1. The molecule has 0 saturated carbocycles. The van der Waals surface area contributed by atoms with Crippen LogP contribution in [0.5, 0.6) is 0 Å². The summed E-state index contributed by atoms with van der Waals surface area (Å²) in [5.74, 6) is 0. The molecule has 0 amide bonds. The van der Waals surface area contributed by atoms with Gasteiger partial charge < -0.3 is 4.98 Å². The van der Waals surface area contributed by atoms with Gasteiger partial charge in [0.1, 0.15) is 0 Å². The number of aromatic nitrogens is 1. The zero-order chi connectivity index (χ0) is 15.1. The molecular weight excluding hydrogens is 406 g/mol. The highest BCUT2D eigenvalue weighted by Crippen LogP contribution is 2.49. The van der Waals surface area contributed by atoms with Gasteiger partial charge in [-0.1, -0.05) is 18.2 Å². The predicted octanol–water partition coefficient (Wildman–Crippen LogP) is 7.73. The number of fused-ring (bicyclic) bond motifs is 10. The number of H-pyrrole nitrogens is 1. The van der Waals surface area contributed by atoms with Crippen molar-refractivity contribution >= 4 is 101 Å². The maximum Gasteiger partial charge on any atom is 0.0711 e. The first kappa shape index (κ1) is 13.0. The van der Waals surface area contributed by atoms with Crippen LogP contribution in [0.4, 0.5) is 0 Å². The predicted molar refractivity (Wildman–Crippen MR) is 110 cm³/mol. The molecule has 1 N–H and O–H groups in total. The highest BCUT2D eigenvalue weighted by molar-refractivity contribution is 9.11. The van der Waals surface area contributed by atoms with Gasteiger partial charge in [-0.15, -0.1) is 34.0 Å². The Morgan fingerprint density at radius 1 is 0.826 bits per heavy atom. The number of halogens is 1. The molecule has 0 bridgehead atoms. The molecule has 110 valence electrons. The molecule has 0 saturated heterocycles. The Bertz CT molecular complexity index is 1380. The first-order valence-corrected chi connectivity index (χ1v) is 10.5. The number of benzene rings is 2. The molecule has 0 radical (unpaired) electrons. The van der Waals surface area contributed by atoms with Gasteiger partial charge in [0, 0.05) is 41.2 Å². The summed E-state index contributed by atoms with van der Waals surface area (Å²) in [5, 5.41) is 7.69. The lowest BCUT2D eigenvalue weighted by Crippen LogP contribution is -1.71. The van der Waals surface area contributed by atoms with Gasteiger partial charge in [-0.05, 0) is 39.5 Å². The van der Waals surface area contributed by atoms with Crippen molar-refractivity contribution in [3.8, 4) is 0 Å². The molecule has 23 heavy (non-hydrogen) atoms. The zero-order valence-electron chi connectivity index (χ0n) is 11.6. The number of hydrogen-bond donors (Lipinski definition) is 1. The molecule has 6 rings (SSSR count). The second-order valence-electron chi connectivity index (χ2n) is 5.64. The van der Waals surface area contributed by atoms with E-state index in [0.29, 0.717) is 0 Å². The summed E-state index contributed by atoms with van der Waals surface area (Å²) in [5.41, 5.74) is 2.52. The van der Waals surface area contributed by atoms with Crippen LogP contribution in [0.1, 0.15) is 0 Å². The van der Waals surface area contributed by atoms with E-state index in [4.69, 9.17) is 0 Å². The number of rotatable bonds is 0. The Hall–Kier alpha value is -1.40. The first-order chi connectivity index (χ1) is 11.3. The molecule has 0 fully saturated rings. The van der Waals surface area contributed by atoms with Crippen molar-refractivity contribution in [2.45, 2.75) is 0 Å². The van der Waals surface area contributed by atoms with Crippen LogP contribution < -0.4 is 0 Å². The van der Waals surface area contributed by atoms with Gasteiger partial charge in [0.15, 0.2) is 0 Å². The number of thiophene rings is 3. The fourth-order valence-corrected chi connectivity index (χ4v) is 7.60. The Morgan fingerprint density at radius 3 is 2.65 bits per heavy atom. The molecule has 0 aliphatic carbocycles. The average molecular weight is 414 g/mol. The van der Waals surface area contributed by atoms with Crippen LogP contribution in [0.2, 0.25) is 0 Å². The van der Waals surface area contributed by atoms with Crippen molar-refractivity contribution in [1.29, 1.82) is 0 Å². The summed E-state index contributed by atoms with van der Waals surface area (Å²) < 4.78 is 6.78. The number of para-hydroxylation sites is 1. The normalized spacial score (nSPS) is 12.6. The van der Waals surface area contributed by atoms with E-state index in [1.54, 1.807) is 0 Å². The van der Waals surface area contributed by atoms with Gasteiger partial charge in [0.2, 0.25) is 0 Å². The third-order valence-electron chi connectivity index (χ3n) is 4.42. The Balaban J connectivity index is 2.03. The van der Waals surface area contributed by atoms with Crippen LogP contribution in [0.25, 0.3) is 51.4 Å². The molecule has 0 atom stereocenters. The van der Waals surface area contributed by atoms with Crippen molar-refractivity contribution in [3.63, 3.8) is 0 Å². The average Bonchev–Trinajstić information content (AvgIpc) is 3.26. The summed E-state index contributed by atoms with van der Waals surface area (Å²) in [7, 11) is 0. The fraction of sp³-hybridized carbons (Fsp3) is 0. The van der Waals surface area contributed by atoms with Crippen LogP contribution in [0.3, 0.4) is 0 Å². The van der Waals surface area contributed by atoms with Crippen LogP contribution in [-0.2, 0) is 0 Å². The minimum Gasteiger partial charge on any atom is -0.353 e. The van der Waals surface area contributed by atoms with Gasteiger partial charge in [-0.3, -0.25) is 0 Å². The number of aromatic amines is 1. The van der Waals surface area contributed by atoms with E-state index in [-0.39, 0.29) is 0 Å². The van der Waals surface area contributed by atoms with E-state index in [9.17, 15) is 0 Å². The highest BCUT2D eigenvalue weighted by atomic mass is 79.9. The maximum atomic E-state index is 3.69. The van der Waals surface area contributed by atoms with Crippen LogP contribution >= 0.6 is 49.9 Å². The summed E-state index contributed by atoms with van der Waals surface area (Å²) in [6.07, 6.45) is 0. The lowest BCUT2D eigenvalue weighted by Gasteiger charge is -1.98. The smallest absolute Gasteiger partial charge is 0.0711 e. The molecule has 4 aromatic heterocycles. The summed E-state index contributed by atoms with van der Waals surface area (Å²) in [6, 6.07) is 13.1. The number of hydrogen-bond acceptors (Lipinski definition) is 3. The standard InChI is InChI=1S/C18H8BrNS3/c19-12-7-10-15-9(5-6-21-15)16-13(17(10)22-12)14-18(23-16)8-3-1-2-4-11(8)20-14/h1-7,20H. The molecule has 5 heteroatoms. The monoisotopic (exact) mass is 413 g/mol. The van der Waals surface area contributed by atoms with Crippen molar-refractivity contribution in [2.75, 3.05) is 0 Å². The topological polar surface area (TPSA) is 15.8 Å². The minimum absolute atomic E-state index is 1.20. The van der Waals surface area contributed by atoms with E-state index < -0.39 is 0 Å². The van der Waals surface area contributed by atoms with E-state index in [1.807, 2.05) is 34.0 Å². The maximum absolute atomic E-state index is 3.69. The van der Waals surface area contributed by atoms with Crippen LogP contribution in [-0.4, -0.2) is 4.98 Å². The Kier molecular flexibility index (Phi) is 2.46. The second-order valence-corrected chi connectivity index (χ2v) is 10.0. The second kappa shape index (κ2) is 4.36. The third kappa shape index (κ3) is 1.56. The molecule has 0 unspecified atom stereocenters. The summed E-state index contributed by atoms with van der Waals surface area (Å²) >= 11 is 9.29. The first-order valence-electron chi connectivity index (χ1n) is 7.22. The molecule has 6 aromatic rings. The van der Waals surface area contributed by atoms with E-state index in [1.165, 1.54) is 55.2 Å². The third-order valence-corrected chi connectivity index (χ3v) is 8.28. The summed E-state index contributed by atoms with van der Waals surface area (Å²) in [6.45, 7) is 0. The molecule has 0 spiro atoms. The van der Waals surface area contributed by atoms with Gasteiger partial charge in [-0.25, -0.2) is 0 Å². The summed E-state index contributed by atoms with van der Waals surface area (Å²) in [4.78, 5) is 3.66. The molecular formula is C18H8BrNS3. The van der Waals surface area contributed by atoms with Gasteiger partial charge in [-0.2, -0.15) is 0 Å². The molecule has 0 aliphatic heterocycles. The van der Waals surface area contributed by atoms with E-state index >= 15 is 0 Å². The minimum atomic E-state index is 1.20. The van der Waals surface area contributed by atoms with Gasteiger partial charge in [0.05, 0.1) is 14.0 Å². The van der Waals surface area contributed by atoms with Crippen molar-refractivity contribution in [1.82, 2.24) is 4.98 Å². The van der Waals surface area contributed by atoms with E-state index in [0.717, 1.165) is 0 Å². The van der Waals surface area contributed by atoms with Crippen LogP contribution in [0, 0.1) is 0 Å². The van der Waals surface area contributed by atoms with Crippen molar-refractivity contribution < 1.29 is 0 Å². The fourth-order valence-electron chi connectivity index (χ4n) is 3.48. The van der Waals surface area contributed by atoms with Gasteiger partial charge in [0.25, 0.3) is 0 Å². The van der Waals surface area contributed by atoms with Crippen molar-refractivity contribution in [2.24, 2.45) is 0 Å². The Morgan fingerprint density at radius 2 is 1.70 bits per heavy atom. The Labute approximate surface area is 151 Å². The lowest BCUT2D eigenvalue weighted by atomic mass is 10.1. The highest BCUT2D eigenvalue weighted by Gasteiger charge is 2.19. The molecule has 4 heterocycles. The van der Waals surface area contributed by atoms with Crippen molar-refractivity contribution in [3.05, 3.63) is 45.6 Å².